The fraction of sp³-hybridized carbons (Fsp3) is 0.154. The molecule has 0 atom stereocenters. The Morgan fingerprint density at radius 1 is 1.11 bits per heavy atom. The van der Waals surface area contributed by atoms with E-state index in [0.29, 0.717) is 11.3 Å². The molecule has 6 heteroatoms. The number of aromatic nitrogens is 1. The lowest BCUT2D eigenvalue weighted by atomic mass is 10.1. The molecule has 0 aliphatic heterocycles. The summed E-state index contributed by atoms with van der Waals surface area (Å²) < 4.78 is 38.7. The fourth-order valence-electron chi connectivity index (χ4n) is 1.85. The van der Waals surface area contributed by atoms with Crippen molar-refractivity contribution < 1.29 is 23.1 Å². The molecule has 0 radical (unpaired) electrons. The standard InChI is InChI=1S/C13H10F3NO2/c1-17-10(6-7-11(17)12(18)19)8-2-4-9(5-3-8)13(14,15)16/h2-7H,1H3,(H,18,19). The van der Waals surface area contributed by atoms with Crippen molar-refractivity contribution in [2.75, 3.05) is 0 Å². The third kappa shape index (κ3) is 2.47. The van der Waals surface area contributed by atoms with Gasteiger partial charge in [0.05, 0.1) is 5.56 Å². The van der Waals surface area contributed by atoms with Gasteiger partial charge in [-0.25, -0.2) is 4.79 Å². The first-order valence-electron chi connectivity index (χ1n) is 5.37. The number of rotatable bonds is 2. The number of carboxylic acid groups (broad SMARTS) is 1. The van der Waals surface area contributed by atoms with Gasteiger partial charge in [0.2, 0.25) is 0 Å². The Hall–Kier alpha value is -2.24. The Labute approximate surface area is 106 Å². The molecule has 0 saturated heterocycles. The molecule has 0 amide bonds. The van der Waals surface area contributed by atoms with Crippen LogP contribution in [-0.4, -0.2) is 15.6 Å². The van der Waals surface area contributed by atoms with E-state index in [2.05, 4.69) is 0 Å². The second-order valence-corrected chi connectivity index (χ2v) is 4.04. The van der Waals surface area contributed by atoms with Crippen LogP contribution in [0.4, 0.5) is 13.2 Å². The molecule has 2 rings (SSSR count). The molecule has 0 saturated carbocycles. The number of hydrogen-bond donors (Lipinski definition) is 1. The normalized spacial score (nSPS) is 11.6. The van der Waals surface area contributed by atoms with Crippen molar-refractivity contribution >= 4 is 5.97 Å². The van der Waals surface area contributed by atoms with Crippen molar-refractivity contribution in [2.45, 2.75) is 6.18 Å². The Morgan fingerprint density at radius 3 is 2.11 bits per heavy atom. The number of nitrogens with zero attached hydrogens (tertiary/aromatic N) is 1. The van der Waals surface area contributed by atoms with Gasteiger partial charge in [0.25, 0.3) is 0 Å². The minimum atomic E-state index is -4.38. The van der Waals surface area contributed by atoms with Crippen molar-refractivity contribution in [1.82, 2.24) is 4.57 Å². The van der Waals surface area contributed by atoms with E-state index in [1.807, 2.05) is 0 Å². The lowest BCUT2D eigenvalue weighted by Gasteiger charge is -2.09. The molecule has 100 valence electrons. The third-order valence-corrected chi connectivity index (χ3v) is 2.85. The molecule has 2 aromatic rings. The summed E-state index contributed by atoms with van der Waals surface area (Å²) in [5, 5.41) is 8.91. The average molecular weight is 269 g/mol. The van der Waals surface area contributed by atoms with Crippen LogP contribution in [0.1, 0.15) is 16.1 Å². The average Bonchev–Trinajstić information content (AvgIpc) is 2.70. The van der Waals surface area contributed by atoms with E-state index in [1.54, 1.807) is 13.1 Å². The predicted molar refractivity (Wildman–Crippen MR) is 62.8 cm³/mol. The van der Waals surface area contributed by atoms with Gasteiger partial charge in [-0.2, -0.15) is 13.2 Å². The lowest BCUT2D eigenvalue weighted by Crippen LogP contribution is -2.06. The maximum absolute atomic E-state index is 12.4. The fourth-order valence-corrected chi connectivity index (χ4v) is 1.85. The molecule has 0 aliphatic carbocycles. The van der Waals surface area contributed by atoms with Gasteiger partial charge in [0.15, 0.2) is 0 Å². The van der Waals surface area contributed by atoms with Crippen LogP contribution in [0.5, 0.6) is 0 Å². The number of hydrogen-bond acceptors (Lipinski definition) is 1. The summed E-state index contributed by atoms with van der Waals surface area (Å²) in [6, 6.07) is 7.57. The van der Waals surface area contributed by atoms with Crippen LogP contribution >= 0.6 is 0 Å². The molecular weight excluding hydrogens is 259 g/mol. The van der Waals surface area contributed by atoms with Crippen LogP contribution in [0, 0.1) is 0 Å². The predicted octanol–water partition coefficient (Wildman–Crippen LogP) is 3.41. The van der Waals surface area contributed by atoms with Gasteiger partial charge in [-0.3, -0.25) is 0 Å². The van der Waals surface area contributed by atoms with E-state index in [0.717, 1.165) is 12.1 Å². The molecule has 1 aromatic carbocycles. The zero-order valence-electron chi connectivity index (χ0n) is 9.90. The lowest BCUT2D eigenvalue weighted by molar-refractivity contribution is -0.137. The summed E-state index contributed by atoms with van der Waals surface area (Å²) in [6.45, 7) is 0. The highest BCUT2D eigenvalue weighted by Gasteiger charge is 2.30. The highest BCUT2D eigenvalue weighted by atomic mass is 19.4. The van der Waals surface area contributed by atoms with Crippen LogP contribution in [-0.2, 0) is 13.2 Å². The van der Waals surface area contributed by atoms with Gasteiger partial charge in [-0.1, -0.05) is 12.1 Å². The van der Waals surface area contributed by atoms with Crippen LogP contribution in [0.2, 0.25) is 0 Å². The summed E-state index contributed by atoms with van der Waals surface area (Å²) in [7, 11) is 1.55. The molecule has 1 heterocycles. The number of carboxylic acids is 1. The van der Waals surface area contributed by atoms with Gasteiger partial charge in [0, 0.05) is 12.7 Å². The van der Waals surface area contributed by atoms with Gasteiger partial charge in [-0.05, 0) is 29.8 Å². The van der Waals surface area contributed by atoms with Crippen molar-refractivity contribution in [1.29, 1.82) is 0 Å². The molecule has 0 spiro atoms. The highest BCUT2D eigenvalue weighted by Crippen LogP contribution is 2.31. The third-order valence-electron chi connectivity index (χ3n) is 2.85. The largest absolute Gasteiger partial charge is 0.477 e. The van der Waals surface area contributed by atoms with Crippen LogP contribution in [0.25, 0.3) is 11.3 Å². The maximum Gasteiger partial charge on any atom is 0.416 e. The number of halogens is 3. The van der Waals surface area contributed by atoms with Crippen LogP contribution in [0.3, 0.4) is 0 Å². The van der Waals surface area contributed by atoms with Crippen molar-refractivity contribution in [3.63, 3.8) is 0 Å². The van der Waals surface area contributed by atoms with E-state index in [4.69, 9.17) is 5.11 Å². The highest BCUT2D eigenvalue weighted by molar-refractivity contribution is 5.87. The van der Waals surface area contributed by atoms with E-state index in [-0.39, 0.29) is 5.69 Å². The number of carbonyl (C=O) groups is 1. The first kappa shape index (κ1) is 13.2. The number of benzene rings is 1. The summed E-state index contributed by atoms with van der Waals surface area (Å²) >= 11 is 0. The van der Waals surface area contributed by atoms with Gasteiger partial charge < -0.3 is 9.67 Å². The first-order valence-corrected chi connectivity index (χ1v) is 5.37. The maximum atomic E-state index is 12.4. The Bertz CT molecular complexity index is 612. The molecule has 0 unspecified atom stereocenters. The van der Waals surface area contributed by atoms with E-state index < -0.39 is 17.7 Å². The summed E-state index contributed by atoms with van der Waals surface area (Å²) in [5.41, 5.74) is 0.424. The SMILES string of the molecule is Cn1c(C(=O)O)ccc1-c1ccc(C(F)(F)F)cc1. The Kier molecular flexibility index (Phi) is 3.09. The Morgan fingerprint density at radius 2 is 1.68 bits per heavy atom. The molecule has 1 N–H and O–H groups in total. The second-order valence-electron chi connectivity index (χ2n) is 4.04. The topological polar surface area (TPSA) is 42.2 Å². The summed E-state index contributed by atoms with van der Waals surface area (Å²) in [4.78, 5) is 10.9. The minimum absolute atomic E-state index is 0.0786. The molecule has 0 bridgehead atoms. The summed E-state index contributed by atoms with van der Waals surface area (Å²) in [6.07, 6.45) is -4.38. The van der Waals surface area contributed by atoms with Crippen LogP contribution < -0.4 is 0 Å². The quantitative estimate of drug-likeness (QED) is 0.907. The number of alkyl halides is 3. The van der Waals surface area contributed by atoms with E-state index >= 15 is 0 Å². The van der Waals surface area contributed by atoms with Crippen molar-refractivity contribution in [2.24, 2.45) is 7.05 Å². The van der Waals surface area contributed by atoms with E-state index in [9.17, 15) is 18.0 Å². The number of aromatic carboxylic acids is 1. The molecule has 0 aliphatic rings. The molecule has 19 heavy (non-hydrogen) atoms. The van der Waals surface area contributed by atoms with Gasteiger partial charge in [0.1, 0.15) is 5.69 Å². The van der Waals surface area contributed by atoms with Crippen molar-refractivity contribution in [3.8, 4) is 11.3 Å². The molecule has 1 aromatic heterocycles. The Balaban J connectivity index is 2.41. The smallest absolute Gasteiger partial charge is 0.416 e. The van der Waals surface area contributed by atoms with E-state index in [1.165, 1.54) is 22.8 Å². The van der Waals surface area contributed by atoms with Gasteiger partial charge in [-0.15, -0.1) is 0 Å². The monoisotopic (exact) mass is 269 g/mol. The zero-order valence-corrected chi connectivity index (χ0v) is 9.90. The van der Waals surface area contributed by atoms with Crippen LogP contribution in [0.15, 0.2) is 36.4 Å². The molecular formula is C13H10F3NO2. The second kappa shape index (κ2) is 4.46. The van der Waals surface area contributed by atoms with Crippen molar-refractivity contribution in [3.05, 3.63) is 47.7 Å². The zero-order chi connectivity index (χ0) is 14.2. The first-order chi connectivity index (χ1) is 8.80. The molecule has 3 nitrogen and oxygen atoms in total. The molecule has 0 fully saturated rings. The summed E-state index contributed by atoms with van der Waals surface area (Å²) in [5.74, 6) is -1.08. The minimum Gasteiger partial charge on any atom is -0.477 e. The van der Waals surface area contributed by atoms with Gasteiger partial charge >= 0.3 is 12.1 Å².